The van der Waals surface area contributed by atoms with E-state index in [0.717, 1.165) is 24.5 Å². The maximum Gasteiger partial charge on any atom is 0.373 e. The quantitative estimate of drug-likeness (QED) is 0.779. The standard InChI is InChI=1S/C19H23NO4/c1-14-6-5-11-20(12-14)16-7-3-4-8-17(16)23-13-15-9-10-18(24-15)19(21)22-2/h3-4,7-10,14H,5-6,11-13H2,1-2H3. The fraction of sp³-hybridized carbons (Fsp3) is 0.421. The van der Waals surface area contributed by atoms with Gasteiger partial charge in [0.05, 0.1) is 12.8 Å². The van der Waals surface area contributed by atoms with Gasteiger partial charge >= 0.3 is 5.97 Å². The van der Waals surface area contributed by atoms with E-state index < -0.39 is 5.97 Å². The molecule has 0 saturated carbocycles. The first-order valence-corrected chi connectivity index (χ1v) is 8.31. The van der Waals surface area contributed by atoms with Crippen molar-refractivity contribution < 1.29 is 18.7 Å². The molecule has 5 heteroatoms. The molecule has 0 bridgehead atoms. The van der Waals surface area contributed by atoms with Crippen molar-refractivity contribution in [3.63, 3.8) is 0 Å². The first-order chi connectivity index (χ1) is 11.7. The second-order valence-corrected chi connectivity index (χ2v) is 6.21. The van der Waals surface area contributed by atoms with Crippen LogP contribution in [0.25, 0.3) is 0 Å². The van der Waals surface area contributed by atoms with Gasteiger partial charge in [-0.1, -0.05) is 19.1 Å². The number of ether oxygens (including phenoxy) is 2. The van der Waals surface area contributed by atoms with Gasteiger partial charge in [0, 0.05) is 13.1 Å². The molecule has 1 unspecified atom stereocenters. The normalized spacial score (nSPS) is 17.6. The van der Waals surface area contributed by atoms with E-state index in [1.165, 1.54) is 20.0 Å². The first kappa shape index (κ1) is 16.4. The molecule has 1 aromatic carbocycles. The smallest absolute Gasteiger partial charge is 0.373 e. The lowest BCUT2D eigenvalue weighted by Crippen LogP contribution is -2.34. The summed E-state index contributed by atoms with van der Waals surface area (Å²) in [6, 6.07) is 11.4. The minimum atomic E-state index is -0.482. The molecule has 1 aliphatic rings. The number of hydrogen-bond acceptors (Lipinski definition) is 5. The molecule has 2 heterocycles. The largest absolute Gasteiger partial charge is 0.483 e. The number of anilines is 1. The van der Waals surface area contributed by atoms with Crippen LogP contribution in [0.2, 0.25) is 0 Å². The number of methoxy groups -OCH3 is 1. The molecule has 0 spiro atoms. The lowest BCUT2D eigenvalue weighted by atomic mass is 9.99. The van der Waals surface area contributed by atoms with Crippen molar-refractivity contribution in [2.24, 2.45) is 5.92 Å². The number of benzene rings is 1. The molecule has 2 aromatic rings. The Morgan fingerprint density at radius 3 is 2.92 bits per heavy atom. The molecule has 1 fully saturated rings. The summed E-state index contributed by atoms with van der Waals surface area (Å²) in [5.41, 5.74) is 1.11. The second kappa shape index (κ2) is 7.43. The van der Waals surface area contributed by atoms with Crippen LogP contribution in [0.3, 0.4) is 0 Å². The van der Waals surface area contributed by atoms with Crippen LogP contribution in [0, 0.1) is 5.92 Å². The highest BCUT2D eigenvalue weighted by molar-refractivity contribution is 5.86. The topological polar surface area (TPSA) is 51.9 Å². The summed E-state index contributed by atoms with van der Waals surface area (Å²) >= 11 is 0. The molecular weight excluding hydrogens is 306 g/mol. The number of nitrogens with zero attached hydrogens (tertiary/aromatic N) is 1. The summed E-state index contributed by atoms with van der Waals surface area (Å²) in [6.07, 6.45) is 2.48. The third-order valence-electron chi connectivity index (χ3n) is 4.28. The Bertz CT molecular complexity index is 694. The van der Waals surface area contributed by atoms with Gasteiger partial charge in [-0.05, 0) is 43.0 Å². The van der Waals surface area contributed by atoms with E-state index in [9.17, 15) is 4.79 Å². The third-order valence-corrected chi connectivity index (χ3v) is 4.28. The van der Waals surface area contributed by atoms with Crippen molar-refractivity contribution in [2.75, 3.05) is 25.1 Å². The zero-order valence-corrected chi connectivity index (χ0v) is 14.2. The van der Waals surface area contributed by atoms with Gasteiger partial charge in [-0.3, -0.25) is 0 Å². The Labute approximate surface area is 142 Å². The Kier molecular flexibility index (Phi) is 5.08. The van der Waals surface area contributed by atoms with Crippen molar-refractivity contribution in [1.82, 2.24) is 0 Å². The number of carbonyl (C=O) groups is 1. The molecule has 1 aromatic heterocycles. The first-order valence-electron chi connectivity index (χ1n) is 8.31. The molecule has 0 radical (unpaired) electrons. The van der Waals surface area contributed by atoms with Gasteiger partial charge in [-0.25, -0.2) is 4.79 Å². The van der Waals surface area contributed by atoms with Crippen LogP contribution in [-0.4, -0.2) is 26.2 Å². The molecule has 1 saturated heterocycles. The van der Waals surface area contributed by atoms with Gasteiger partial charge < -0.3 is 18.8 Å². The number of hydrogen-bond donors (Lipinski definition) is 0. The van der Waals surface area contributed by atoms with Crippen LogP contribution >= 0.6 is 0 Å². The Morgan fingerprint density at radius 2 is 2.12 bits per heavy atom. The number of carbonyl (C=O) groups excluding carboxylic acids is 1. The fourth-order valence-corrected chi connectivity index (χ4v) is 3.06. The summed E-state index contributed by atoms with van der Waals surface area (Å²) in [4.78, 5) is 13.8. The maximum atomic E-state index is 11.4. The molecule has 3 rings (SSSR count). The van der Waals surface area contributed by atoms with Crippen LogP contribution in [0.1, 0.15) is 36.1 Å². The SMILES string of the molecule is COC(=O)c1ccc(COc2ccccc2N2CCCC(C)C2)o1. The third kappa shape index (κ3) is 3.72. The summed E-state index contributed by atoms with van der Waals surface area (Å²) < 4.78 is 16.0. The second-order valence-electron chi connectivity index (χ2n) is 6.21. The zero-order valence-electron chi connectivity index (χ0n) is 14.2. The summed E-state index contributed by atoms with van der Waals surface area (Å²) in [7, 11) is 1.33. The Hall–Kier alpha value is -2.43. The minimum absolute atomic E-state index is 0.189. The highest BCUT2D eigenvalue weighted by atomic mass is 16.5. The highest BCUT2D eigenvalue weighted by Crippen LogP contribution is 2.32. The molecule has 0 N–H and O–H groups in total. The summed E-state index contributed by atoms with van der Waals surface area (Å²) in [5.74, 6) is 1.83. The average Bonchev–Trinajstić information content (AvgIpc) is 3.08. The number of para-hydroxylation sites is 2. The van der Waals surface area contributed by atoms with Crippen LogP contribution in [0.15, 0.2) is 40.8 Å². The Balaban J connectivity index is 1.69. The summed E-state index contributed by atoms with van der Waals surface area (Å²) in [5, 5.41) is 0. The maximum absolute atomic E-state index is 11.4. The highest BCUT2D eigenvalue weighted by Gasteiger charge is 2.19. The van der Waals surface area contributed by atoms with Gasteiger partial charge in [0.1, 0.15) is 18.1 Å². The van der Waals surface area contributed by atoms with Crippen molar-refractivity contribution in [2.45, 2.75) is 26.4 Å². The molecule has 128 valence electrons. The lowest BCUT2D eigenvalue weighted by Gasteiger charge is -2.33. The minimum Gasteiger partial charge on any atom is -0.483 e. The fourth-order valence-electron chi connectivity index (χ4n) is 3.06. The Morgan fingerprint density at radius 1 is 1.29 bits per heavy atom. The molecule has 0 aliphatic carbocycles. The predicted octanol–water partition coefficient (Wildman–Crippen LogP) is 3.88. The van der Waals surface area contributed by atoms with Gasteiger partial charge in [-0.15, -0.1) is 0 Å². The van der Waals surface area contributed by atoms with Gasteiger partial charge in [-0.2, -0.15) is 0 Å². The number of piperidine rings is 1. The van der Waals surface area contributed by atoms with Crippen LogP contribution in [-0.2, 0) is 11.3 Å². The van der Waals surface area contributed by atoms with Crippen molar-refractivity contribution in [3.8, 4) is 5.75 Å². The number of furan rings is 1. The van der Waals surface area contributed by atoms with E-state index >= 15 is 0 Å². The lowest BCUT2D eigenvalue weighted by molar-refractivity contribution is 0.0561. The van der Waals surface area contributed by atoms with Gasteiger partial charge in [0.25, 0.3) is 0 Å². The van der Waals surface area contributed by atoms with Gasteiger partial charge in [0.2, 0.25) is 5.76 Å². The molecule has 5 nitrogen and oxygen atoms in total. The van der Waals surface area contributed by atoms with Crippen molar-refractivity contribution in [3.05, 3.63) is 47.9 Å². The van der Waals surface area contributed by atoms with Crippen molar-refractivity contribution >= 4 is 11.7 Å². The average molecular weight is 329 g/mol. The van der Waals surface area contributed by atoms with E-state index in [1.807, 2.05) is 18.2 Å². The predicted molar refractivity (Wildman–Crippen MR) is 91.4 cm³/mol. The zero-order chi connectivity index (χ0) is 16.9. The monoisotopic (exact) mass is 329 g/mol. The number of esters is 1. The molecule has 1 aliphatic heterocycles. The molecule has 24 heavy (non-hydrogen) atoms. The van der Waals surface area contributed by atoms with Crippen LogP contribution in [0.4, 0.5) is 5.69 Å². The molecular formula is C19H23NO4. The van der Waals surface area contributed by atoms with E-state index in [1.54, 1.807) is 12.1 Å². The van der Waals surface area contributed by atoms with Gasteiger partial charge in [0.15, 0.2) is 0 Å². The van der Waals surface area contributed by atoms with Crippen LogP contribution in [0.5, 0.6) is 5.75 Å². The summed E-state index contributed by atoms with van der Waals surface area (Å²) in [6.45, 7) is 4.66. The van der Waals surface area contributed by atoms with E-state index in [4.69, 9.17) is 9.15 Å². The molecule has 0 amide bonds. The van der Waals surface area contributed by atoms with E-state index in [0.29, 0.717) is 11.7 Å². The number of rotatable bonds is 5. The van der Waals surface area contributed by atoms with Crippen molar-refractivity contribution in [1.29, 1.82) is 0 Å². The van der Waals surface area contributed by atoms with E-state index in [2.05, 4.69) is 22.6 Å². The van der Waals surface area contributed by atoms with Crippen LogP contribution < -0.4 is 9.64 Å². The van der Waals surface area contributed by atoms with E-state index in [-0.39, 0.29) is 12.4 Å². The molecule has 1 atom stereocenters.